The van der Waals surface area contributed by atoms with Crippen LogP contribution in [0, 0.1) is 0 Å². The van der Waals surface area contributed by atoms with Gasteiger partial charge in [-0.1, -0.05) is 36.4 Å². The summed E-state index contributed by atoms with van der Waals surface area (Å²) in [6.45, 7) is 6.33. The molecular formula is C20H23NO2. The van der Waals surface area contributed by atoms with Gasteiger partial charge in [0.25, 0.3) is 0 Å². The number of hydrogen-bond donors (Lipinski definition) is 0. The Balaban J connectivity index is 2.01. The fraction of sp³-hybridized carbons (Fsp3) is 0.350. The second-order valence-corrected chi connectivity index (χ2v) is 5.87. The Labute approximate surface area is 137 Å². The van der Waals surface area contributed by atoms with Crippen LogP contribution in [0.1, 0.15) is 41.3 Å². The highest BCUT2D eigenvalue weighted by Crippen LogP contribution is 2.36. The van der Waals surface area contributed by atoms with Crippen molar-refractivity contribution in [3.63, 3.8) is 0 Å². The highest BCUT2D eigenvalue weighted by molar-refractivity contribution is 5.93. The molecule has 0 fully saturated rings. The predicted octanol–water partition coefficient (Wildman–Crippen LogP) is 4.03. The Bertz CT molecular complexity index is 681. The maximum absolute atomic E-state index is 12.3. The van der Waals surface area contributed by atoms with Gasteiger partial charge in [-0.3, -0.25) is 0 Å². The van der Waals surface area contributed by atoms with Crippen molar-refractivity contribution >= 4 is 11.7 Å². The summed E-state index contributed by atoms with van der Waals surface area (Å²) < 4.78 is 5.25. The first kappa shape index (κ1) is 15.6. The van der Waals surface area contributed by atoms with Gasteiger partial charge in [-0.15, -0.1) is 0 Å². The van der Waals surface area contributed by atoms with Crippen molar-refractivity contribution in [2.75, 3.05) is 24.6 Å². The summed E-state index contributed by atoms with van der Waals surface area (Å²) >= 11 is 0. The maximum Gasteiger partial charge on any atom is 0.338 e. The Hall–Kier alpha value is -2.29. The molecule has 0 amide bonds. The Kier molecular flexibility index (Phi) is 4.65. The van der Waals surface area contributed by atoms with Crippen LogP contribution in [-0.4, -0.2) is 25.7 Å². The number of fused-ring (bicyclic) bond motifs is 1. The van der Waals surface area contributed by atoms with Crippen molar-refractivity contribution in [2.45, 2.75) is 26.2 Å². The minimum Gasteiger partial charge on any atom is -0.462 e. The minimum absolute atomic E-state index is 0.214. The van der Waals surface area contributed by atoms with E-state index in [1.165, 1.54) is 11.3 Å². The SMILES string of the molecule is CCOC(=O)c1cccc2c1CC(c1ccccc1)CN2CC. The predicted molar refractivity (Wildman–Crippen MR) is 93.2 cm³/mol. The van der Waals surface area contributed by atoms with Crippen LogP contribution in [0.5, 0.6) is 0 Å². The number of benzene rings is 2. The molecule has 3 heteroatoms. The molecule has 1 heterocycles. The number of likely N-dealkylation sites (N-methyl/N-ethyl adjacent to an activating group) is 1. The van der Waals surface area contributed by atoms with Crippen molar-refractivity contribution in [1.82, 2.24) is 0 Å². The van der Waals surface area contributed by atoms with Crippen molar-refractivity contribution in [3.05, 3.63) is 65.2 Å². The van der Waals surface area contributed by atoms with Crippen molar-refractivity contribution in [2.24, 2.45) is 0 Å². The molecule has 3 nitrogen and oxygen atoms in total. The molecule has 0 spiro atoms. The Morgan fingerprint density at radius 2 is 1.91 bits per heavy atom. The van der Waals surface area contributed by atoms with E-state index in [1.54, 1.807) is 0 Å². The van der Waals surface area contributed by atoms with Crippen molar-refractivity contribution < 1.29 is 9.53 Å². The van der Waals surface area contributed by atoms with Crippen molar-refractivity contribution in [1.29, 1.82) is 0 Å². The average Bonchev–Trinajstić information content (AvgIpc) is 2.61. The lowest BCUT2D eigenvalue weighted by Crippen LogP contribution is -2.35. The molecule has 120 valence electrons. The van der Waals surface area contributed by atoms with Crippen LogP contribution in [0.4, 0.5) is 5.69 Å². The zero-order chi connectivity index (χ0) is 16.2. The van der Waals surface area contributed by atoms with E-state index in [1.807, 2.05) is 25.1 Å². The molecule has 1 aliphatic rings. The summed E-state index contributed by atoms with van der Waals surface area (Å²) in [7, 11) is 0. The first-order chi connectivity index (χ1) is 11.2. The highest BCUT2D eigenvalue weighted by Gasteiger charge is 2.28. The Morgan fingerprint density at radius 1 is 1.13 bits per heavy atom. The van der Waals surface area contributed by atoms with E-state index < -0.39 is 0 Å². The number of ether oxygens (including phenoxy) is 1. The number of nitrogens with zero attached hydrogens (tertiary/aromatic N) is 1. The molecule has 1 aliphatic heterocycles. The van der Waals surface area contributed by atoms with Gasteiger partial charge in [-0.2, -0.15) is 0 Å². The van der Waals surface area contributed by atoms with Crippen LogP contribution >= 0.6 is 0 Å². The molecule has 0 bridgehead atoms. The number of rotatable bonds is 4. The summed E-state index contributed by atoms with van der Waals surface area (Å²) in [6.07, 6.45) is 0.880. The molecule has 0 saturated heterocycles. The quantitative estimate of drug-likeness (QED) is 0.799. The second kappa shape index (κ2) is 6.86. The molecule has 23 heavy (non-hydrogen) atoms. The van der Waals surface area contributed by atoms with E-state index >= 15 is 0 Å². The third-order valence-corrected chi connectivity index (χ3v) is 4.53. The third-order valence-electron chi connectivity index (χ3n) is 4.53. The van der Waals surface area contributed by atoms with Crippen LogP contribution in [0.3, 0.4) is 0 Å². The fourth-order valence-electron chi connectivity index (χ4n) is 3.41. The van der Waals surface area contributed by atoms with Crippen LogP contribution in [-0.2, 0) is 11.2 Å². The number of carbonyl (C=O) groups is 1. The van der Waals surface area contributed by atoms with E-state index in [2.05, 4.69) is 42.2 Å². The van der Waals surface area contributed by atoms with Gasteiger partial charge in [-0.25, -0.2) is 4.79 Å². The van der Waals surface area contributed by atoms with Crippen LogP contribution < -0.4 is 4.90 Å². The Morgan fingerprint density at radius 3 is 2.61 bits per heavy atom. The number of anilines is 1. The van der Waals surface area contributed by atoms with Crippen LogP contribution in [0.2, 0.25) is 0 Å². The topological polar surface area (TPSA) is 29.5 Å². The van der Waals surface area contributed by atoms with Gasteiger partial charge in [0.2, 0.25) is 0 Å². The largest absolute Gasteiger partial charge is 0.462 e. The lowest BCUT2D eigenvalue weighted by Gasteiger charge is -2.36. The van der Waals surface area contributed by atoms with Crippen LogP contribution in [0.15, 0.2) is 48.5 Å². The normalized spacial score (nSPS) is 16.8. The van der Waals surface area contributed by atoms with Gasteiger partial charge >= 0.3 is 5.97 Å². The fourth-order valence-corrected chi connectivity index (χ4v) is 3.41. The maximum atomic E-state index is 12.3. The summed E-state index contributed by atoms with van der Waals surface area (Å²) in [4.78, 5) is 14.7. The summed E-state index contributed by atoms with van der Waals surface area (Å²) in [6, 6.07) is 16.5. The number of esters is 1. The first-order valence-electron chi connectivity index (χ1n) is 8.33. The average molecular weight is 309 g/mol. The van der Waals surface area contributed by atoms with Crippen molar-refractivity contribution in [3.8, 4) is 0 Å². The van der Waals surface area contributed by atoms with Gasteiger partial charge < -0.3 is 9.64 Å². The highest BCUT2D eigenvalue weighted by atomic mass is 16.5. The second-order valence-electron chi connectivity index (χ2n) is 5.87. The smallest absolute Gasteiger partial charge is 0.338 e. The number of carbonyl (C=O) groups excluding carboxylic acids is 1. The van der Waals surface area contributed by atoms with Crippen LogP contribution in [0.25, 0.3) is 0 Å². The molecular weight excluding hydrogens is 286 g/mol. The molecule has 0 N–H and O–H groups in total. The van der Waals surface area contributed by atoms with Gasteiger partial charge in [0.15, 0.2) is 0 Å². The monoisotopic (exact) mass is 309 g/mol. The number of hydrogen-bond acceptors (Lipinski definition) is 3. The van der Waals surface area contributed by atoms with E-state index in [0.29, 0.717) is 18.1 Å². The zero-order valence-corrected chi connectivity index (χ0v) is 13.8. The first-order valence-corrected chi connectivity index (χ1v) is 8.33. The zero-order valence-electron chi connectivity index (χ0n) is 13.8. The van der Waals surface area contributed by atoms with Gasteiger partial charge in [0.05, 0.1) is 12.2 Å². The molecule has 1 unspecified atom stereocenters. The lowest BCUT2D eigenvalue weighted by molar-refractivity contribution is 0.0525. The third kappa shape index (κ3) is 3.09. The summed E-state index contributed by atoms with van der Waals surface area (Å²) in [5.41, 5.74) is 4.33. The molecule has 2 aromatic rings. The molecule has 2 aromatic carbocycles. The summed E-state index contributed by atoms with van der Waals surface area (Å²) in [5.74, 6) is 0.188. The van der Waals surface area contributed by atoms with E-state index in [4.69, 9.17) is 4.74 Å². The lowest BCUT2D eigenvalue weighted by atomic mass is 9.85. The summed E-state index contributed by atoms with van der Waals surface area (Å²) in [5, 5.41) is 0. The van der Waals surface area contributed by atoms with E-state index in [-0.39, 0.29) is 5.97 Å². The molecule has 1 atom stereocenters. The van der Waals surface area contributed by atoms with Gasteiger partial charge in [0, 0.05) is 24.7 Å². The molecule has 3 rings (SSSR count). The molecule has 0 radical (unpaired) electrons. The van der Waals surface area contributed by atoms with E-state index in [9.17, 15) is 4.79 Å². The molecule has 0 aliphatic carbocycles. The van der Waals surface area contributed by atoms with Gasteiger partial charge in [-0.05, 0) is 43.5 Å². The van der Waals surface area contributed by atoms with E-state index in [0.717, 1.165) is 25.1 Å². The molecule has 0 aromatic heterocycles. The van der Waals surface area contributed by atoms with Gasteiger partial charge in [0.1, 0.15) is 0 Å². The molecule has 0 saturated carbocycles. The standard InChI is InChI=1S/C20H23NO2/c1-3-21-14-16(15-9-6-5-7-10-15)13-18-17(20(22)23-4-2)11-8-12-19(18)21/h5-12,16H,3-4,13-14H2,1-2H3. The minimum atomic E-state index is -0.214.